The first-order valence-corrected chi connectivity index (χ1v) is 10.7. The van der Waals surface area contributed by atoms with E-state index in [1.807, 2.05) is 0 Å². The second-order valence-corrected chi connectivity index (χ2v) is 8.34. The lowest BCUT2D eigenvalue weighted by Gasteiger charge is -2.26. The number of sulfonamides is 1. The zero-order valence-electron chi connectivity index (χ0n) is 17.0. The Morgan fingerprint density at radius 3 is 2.55 bits per heavy atom. The third kappa shape index (κ3) is 5.10. The molecule has 31 heavy (non-hydrogen) atoms. The Morgan fingerprint density at radius 1 is 1.16 bits per heavy atom. The minimum atomic E-state index is -3.99. The summed E-state index contributed by atoms with van der Waals surface area (Å²) in [5.74, 6) is 1.12. The first-order valence-electron chi connectivity index (χ1n) is 9.24. The highest BCUT2D eigenvalue weighted by atomic mass is 32.2. The molecule has 11 nitrogen and oxygen atoms in total. The molecule has 0 spiro atoms. The summed E-state index contributed by atoms with van der Waals surface area (Å²) in [6, 6.07) is 8.69. The molecule has 1 heterocycles. The van der Waals surface area contributed by atoms with E-state index in [-0.39, 0.29) is 42.6 Å². The molecule has 3 rings (SSSR count). The Labute approximate surface area is 179 Å². The fourth-order valence-electron chi connectivity index (χ4n) is 2.95. The van der Waals surface area contributed by atoms with Gasteiger partial charge in [-0.15, -0.1) is 0 Å². The number of non-ortho nitro benzene ring substituents is 1. The van der Waals surface area contributed by atoms with Crippen molar-refractivity contribution in [3.63, 3.8) is 0 Å². The molecule has 0 saturated carbocycles. The minimum Gasteiger partial charge on any atom is -0.497 e. The number of methoxy groups -OCH3 is 2. The van der Waals surface area contributed by atoms with E-state index in [0.717, 1.165) is 6.07 Å². The summed E-state index contributed by atoms with van der Waals surface area (Å²) in [5, 5.41) is 15.3. The Balaban J connectivity index is 1.92. The summed E-state index contributed by atoms with van der Waals surface area (Å²) in [6.07, 6.45) is 1.45. The van der Waals surface area contributed by atoms with Crippen molar-refractivity contribution >= 4 is 27.6 Å². The highest BCUT2D eigenvalue weighted by Gasteiger charge is 2.30. The maximum absolute atomic E-state index is 13.1. The van der Waals surface area contributed by atoms with Gasteiger partial charge in [0, 0.05) is 36.9 Å². The summed E-state index contributed by atoms with van der Waals surface area (Å²) in [5.41, 5.74) is 3.07. The van der Waals surface area contributed by atoms with E-state index in [9.17, 15) is 18.5 Å². The van der Waals surface area contributed by atoms with Crippen molar-refractivity contribution in [2.45, 2.75) is 4.90 Å². The largest absolute Gasteiger partial charge is 0.497 e. The van der Waals surface area contributed by atoms with Crippen molar-refractivity contribution in [3.05, 3.63) is 52.1 Å². The van der Waals surface area contributed by atoms with Gasteiger partial charge >= 0.3 is 0 Å². The van der Waals surface area contributed by atoms with Crippen LogP contribution in [-0.4, -0.2) is 64.4 Å². The van der Waals surface area contributed by atoms with E-state index in [4.69, 9.17) is 14.2 Å². The van der Waals surface area contributed by atoms with Gasteiger partial charge in [0.05, 0.1) is 44.3 Å². The monoisotopic (exact) mass is 450 g/mol. The van der Waals surface area contributed by atoms with Crippen molar-refractivity contribution in [1.82, 2.24) is 4.31 Å². The lowest BCUT2D eigenvalue weighted by atomic mass is 10.2. The van der Waals surface area contributed by atoms with Crippen molar-refractivity contribution in [1.29, 1.82) is 0 Å². The lowest BCUT2D eigenvalue weighted by molar-refractivity contribution is -0.385. The van der Waals surface area contributed by atoms with Crippen LogP contribution < -0.4 is 14.9 Å². The molecule has 1 fully saturated rings. The third-order valence-corrected chi connectivity index (χ3v) is 6.53. The summed E-state index contributed by atoms with van der Waals surface area (Å²) < 4.78 is 43.1. The number of nitrogens with one attached hydrogen (secondary N) is 1. The zero-order chi connectivity index (χ0) is 22.4. The number of nitro groups is 1. The summed E-state index contributed by atoms with van der Waals surface area (Å²) in [4.78, 5) is 10.3. The molecule has 0 bridgehead atoms. The van der Waals surface area contributed by atoms with E-state index in [1.54, 1.807) is 18.2 Å². The van der Waals surface area contributed by atoms with Gasteiger partial charge in [0.1, 0.15) is 16.4 Å². The van der Waals surface area contributed by atoms with Crippen LogP contribution in [0.1, 0.15) is 5.56 Å². The van der Waals surface area contributed by atoms with Crippen LogP contribution in [0.25, 0.3) is 0 Å². The molecule has 1 saturated heterocycles. The van der Waals surface area contributed by atoms with Gasteiger partial charge in [-0.05, 0) is 18.2 Å². The van der Waals surface area contributed by atoms with E-state index < -0.39 is 14.9 Å². The number of morpholine rings is 1. The third-order valence-electron chi connectivity index (χ3n) is 4.59. The number of rotatable bonds is 8. The summed E-state index contributed by atoms with van der Waals surface area (Å²) in [6.45, 7) is 0.840. The van der Waals surface area contributed by atoms with Gasteiger partial charge in [-0.1, -0.05) is 0 Å². The van der Waals surface area contributed by atoms with Crippen LogP contribution in [0.5, 0.6) is 11.5 Å². The molecule has 0 aromatic heterocycles. The number of benzene rings is 2. The van der Waals surface area contributed by atoms with Gasteiger partial charge in [-0.3, -0.25) is 15.5 Å². The first-order chi connectivity index (χ1) is 14.9. The van der Waals surface area contributed by atoms with Crippen molar-refractivity contribution in [3.8, 4) is 11.5 Å². The fourth-order valence-corrected chi connectivity index (χ4v) is 4.52. The van der Waals surface area contributed by atoms with E-state index in [0.29, 0.717) is 17.1 Å². The minimum absolute atomic E-state index is 0.112. The van der Waals surface area contributed by atoms with Crippen LogP contribution in [0, 0.1) is 10.1 Å². The molecule has 12 heteroatoms. The second kappa shape index (κ2) is 9.73. The van der Waals surface area contributed by atoms with Gasteiger partial charge in [0.2, 0.25) is 10.0 Å². The Morgan fingerprint density at radius 2 is 1.90 bits per heavy atom. The number of nitro benzene ring substituents is 1. The molecular weight excluding hydrogens is 428 g/mol. The van der Waals surface area contributed by atoms with Crippen molar-refractivity contribution in [2.75, 3.05) is 45.9 Å². The normalized spacial score (nSPS) is 15.0. The molecule has 2 aromatic rings. The van der Waals surface area contributed by atoms with Gasteiger partial charge in [-0.25, -0.2) is 8.42 Å². The van der Waals surface area contributed by atoms with Gasteiger partial charge in [-0.2, -0.15) is 9.41 Å². The van der Waals surface area contributed by atoms with Crippen LogP contribution in [0.15, 0.2) is 46.4 Å². The predicted octanol–water partition coefficient (Wildman–Crippen LogP) is 2.08. The molecule has 1 aliphatic rings. The van der Waals surface area contributed by atoms with Crippen molar-refractivity contribution in [2.24, 2.45) is 5.10 Å². The van der Waals surface area contributed by atoms with Gasteiger partial charge in [0.15, 0.2) is 0 Å². The lowest BCUT2D eigenvalue weighted by Crippen LogP contribution is -2.40. The number of hydrogen-bond acceptors (Lipinski definition) is 9. The highest BCUT2D eigenvalue weighted by Crippen LogP contribution is 2.30. The molecule has 1 N–H and O–H groups in total. The van der Waals surface area contributed by atoms with E-state index in [2.05, 4.69) is 10.5 Å². The highest BCUT2D eigenvalue weighted by molar-refractivity contribution is 7.89. The summed E-state index contributed by atoms with van der Waals surface area (Å²) in [7, 11) is -0.955. The van der Waals surface area contributed by atoms with Crippen LogP contribution in [0.4, 0.5) is 11.4 Å². The number of hydrazone groups is 1. The Bertz CT molecular complexity index is 1080. The Hall–Kier alpha value is -3.22. The smallest absolute Gasteiger partial charge is 0.270 e. The van der Waals surface area contributed by atoms with Crippen LogP contribution >= 0.6 is 0 Å². The van der Waals surface area contributed by atoms with Gasteiger partial charge < -0.3 is 14.2 Å². The molecular formula is C19H22N4O7S. The number of hydrogen-bond donors (Lipinski definition) is 1. The van der Waals surface area contributed by atoms with E-state index in [1.165, 1.54) is 36.9 Å². The maximum Gasteiger partial charge on any atom is 0.270 e. The predicted molar refractivity (Wildman–Crippen MR) is 113 cm³/mol. The average Bonchev–Trinajstić information content (AvgIpc) is 2.79. The first kappa shape index (κ1) is 22.5. The van der Waals surface area contributed by atoms with Crippen LogP contribution in [0.3, 0.4) is 0 Å². The van der Waals surface area contributed by atoms with Crippen LogP contribution in [0.2, 0.25) is 0 Å². The Kier molecular flexibility index (Phi) is 7.05. The second-order valence-electron chi connectivity index (χ2n) is 6.43. The molecule has 0 amide bonds. The quantitative estimate of drug-likeness (QED) is 0.367. The van der Waals surface area contributed by atoms with Crippen molar-refractivity contribution < 1.29 is 27.6 Å². The molecule has 1 aliphatic heterocycles. The SMILES string of the molecule is COc1ccc(C=NNc2ccc([N+](=O)[O-])cc2S(=O)(=O)N2CCOCC2)c(OC)c1. The van der Waals surface area contributed by atoms with Crippen LogP contribution in [-0.2, 0) is 14.8 Å². The fraction of sp³-hybridized carbons (Fsp3) is 0.316. The number of anilines is 1. The molecule has 0 radical (unpaired) electrons. The molecule has 166 valence electrons. The standard InChI is InChI=1S/C19H22N4O7S/c1-28-16-5-3-14(18(12-16)29-2)13-20-21-17-6-4-15(23(24)25)11-19(17)31(26,27)22-7-9-30-10-8-22/h3-6,11-13,21H,7-10H2,1-2H3. The molecule has 0 atom stereocenters. The molecule has 0 aliphatic carbocycles. The maximum atomic E-state index is 13.1. The molecule has 2 aromatic carbocycles. The van der Waals surface area contributed by atoms with Gasteiger partial charge in [0.25, 0.3) is 5.69 Å². The number of ether oxygens (including phenoxy) is 3. The topological polar surface area (TPSA) is 133 Å². The zero-order valence-corrected chi connectivity index (χ0v) is 17.8. The summed E-state index contributed by atoms with van der Waals surface area (Å²) >= 11 is 0. The number of nitrogens with zero attached hydrogens (tertiary/aromatic N) is 3. The van der Waals surface area contributed by atoms with E-state index >= 15 is 0 Å². The average molecular weight is 450 g/mol. The molecule has 0 unspecified atom stereocenters.